The van der Waals surface area contributed by atoms with Gasteiger partial charge in [-0.1, -0.05) is 51.1 Å². The number of carbonyl (C=O) groups is 2. The predicted octanol–water partition coefficient (Wildman–Crippen LogP) is 3.92. The van der Waals surface area contributed by atoms with Crippen molar-refractivity contribution in [1.82, 2.24) is 5.32 Å². The van der Waals surface area contributed by atoms with Crippen molar-refractivity contribution in [2.45, 2.75) is 53.8 Å². The van der Waals surface area contributed by atoms with Crippen molar-refractivity contribution in [3.8, 4) is 0 Å². The fourth-order valence-electron chi connectivity index (χ4n) is 2.08. The summed E-state index contributed by atoms with van der Waals surface area (Å²) < 4.78 is 10.6. The molecule has 0 fully saturated rings. The summed E-state index contributed by atoms with van der Waals surface area (Å²) in [6, 6.07) is 9.43. The SMILES string of the molecule is CC(C)(C)OC(=O)[C@@H](CNC(=O)OCc1ccccc1)C(C)(C)C. The molecule has 0 saturated carbocycles. The lowest BCUT2D eigenvalue weighted by Crippen LogP contribution is -2.42. The van der Waals surface area contributed by atoms with E-state index < -0.39 is 17.6 Å². The van der Waals surface area contributed by atoms with Crippen LogP contribution in [0.4, 0.5) is 4.79 Å². The molecule has 134 valence electrons. The molecular weight excluding hydrogens is 306 g/mol. The number of benzene rings is 1. The van der Waals surface area contributed by atoms with Crippen LogP contribution in [0.3, 0.4) is 0 Å². The van der Waals surface area contributed by atoms with E-state index in [9.17, 15) is 9.59 Å². The van der Waals surface area contributed by atoms with Gasteiger partial charge in [-0.3, -0.25) is 4.79 Å². The molecular formula is C19H29NO4. The normalized spacial score (nSPS) is 13.1. The number of alkyl carbamates (subject to hydrolysis) is 1. The van der Waals surface area contributed by atoms with Crippen LogP contribution in [0.25, 0.3) is 0 Å². The Kier molecular flexibility index (Phi) is 6.81. The number of nitrogens with one attached hydrogen (secondary N) is 1. The number of esters is 1. The van der Waals surface area contributed by atoms with Gasteiger partial charge in [0.1, 0.15) is 12.2 Å². The third kappa shape index (κ3) is 7.49. The summed E-state index contributed by atoms with van der Waals surface area (Å²) in [5.41, 5.74) is 0.0101. The van der Waals surface area contributed by atoms with Crippen molar-refractivity contribution < 1.29 is 19.1 Å². The molecule has 0 radical (unpaired) electrons. The molecule has 0 aromatic heterocycles. The summed E-state index contributed by atoms with van der Waals surface area (Å²) in [6.45, 7) is 11.7. The first-order valence-corrected chi connectivity index (χ1v) is 8.16. The van der Waals surface area contributed by atoms with Gasteiger partial charge in [0, 0.05) is 6.54 Å². The van der Waals surface area contributed by atoms with Crippen LogP contribution in [0.1, 0.15) is 47.1 Å². The van der Waals surface area contributed by atoms with E-state index in [1.165, 1.54) is 0 Å². The average Bonchev–Trinajstić information content (AvgIpc) is 2.43. The Hall–Kier alpha value is -2.04. The highest BCUT2D eigenvalue weighted by molar-refractivity contribution is 5.75. The predicted molar refractivity (Wildman–Crippen MR) is 93.4 cm³/mol. The lowest BCUT2D eigenvalue weighted by molar-refractivity contribution is -0.163. The van der Waals surface area contributed by atoms with Gasteiger partial charge >= 0.3 is 12.1 Å². The van der Waals surface area contributed by atoms with E-state index in [0.717, 1.165) is 5.56 Å². The molecule has 0 bridgehead atoms. The van der Waals surface area contributed by atoms with Gasteiger partial charge < -0.3 is 14.8 Å². The molecule has 5 nitrogen and oxygen atoms in total. The molecule has 0 heterocycles. The number of ether oxygens (including phenoxy) is 2. The lowest BCUT2D eigenvalue weighted by atomic mass is 9.80. The maximum Gasteiger partial charge on any atom is 0.407 e. The molecule has 24 heavy (non-hydrogen) atoms. The van der Waals surface area contributed by atoms with Gasteiger partial charge in [0.05, 0.1) is 5.92 Å². The second-order valence-corrected chi connectivity index (χ2v) is 7.89. The lowest BCUT2D eigenvalue weighted by Gasteiger charge is -2.31. The summed E-state index contributed by atoms with van der Waals surface area (Å²) in [6.07, 6.45) is -0.545. The summed E-state index contributed by atoms with van der Waals surface area (Å²) in [7, 11) is 0. The van der Waals surface area contributed by atoms with E-state index in [-0.39, 0.29) is 24.5 Å². The van der Waals surface area contributed by atoms with Crippen LogP contribution in [0, 0.1) is 11.3 Å². The first-order valence-electron chi connectivity index (χ1n) is 8.16. The quantitative estimate of drug-likeness (QED) is 0.828. The summed E-state index contributed by atoms with van der Waals surface area (Å²) in [5.74, 6) is -0.778. The monoisotopic (exact) mass is 335 g/mol. The minimum atomic E-state index is -0.561. The van der Waals surface area contributed by atoms with E-state index in [1.807, 2.05) is 71.9 Å². The van der Waals surface area contributed by atoms with Crippen LogP contribution in [-0.2, 0) is 20.9 Å². The zero-order valence-corrected chi connectivity index (χ0v) is 15.5. The van der Waals surface area contributed by atoms with Crippen LogP contribution < -0.4 is 5.32 Å². The van der Waals surface area contributed by atoms with Crippen LogP contribution in [0.2, 0.25) is 0 Å². The Morgan fingerprint density at radius 1 is 1.04 bits per heavy atom. The van der Waals surface area contributed by atoms with E-state index in [4.69, 9.17) is 9.47 Å². The standard InChI is InChI=1S/C19H29NO4/c1-18(2,3)15(16(21)24-19(4,5)6)12-20-17(22)23-13-14-10-8-7-9-11-14/h7-11,15H,12-13H2,1-6H3,(H,20,22)/t15-/m1/s1. The van der Waals surface area contributed by atoms with Crippen molar-refractivity contribution >= 4 is 12.1 Å². The fourth-order valence-corrected chi connectivity index (χ4v) is 2.08. The van der Waals surface area contributed by atoms with Crippen LogP contribution in [-0.4, -0.2) is 24.2 Å². The van der Waals surface area contributed by atoms with Gasteiger partial charge in [-0.25, -0.2) is 4.79 Å². The molecule has 0 aliphatic rings. The summed E-state index contributed by atoms with van der Waals surface area (Å²) in [4.78, 5) is 24.3. The second-order valence-electron chi connectivity index (χ2n) is 7.89. The highest BCUT2D eigenvalue weighted by Gasteiger charge is 2.35. The van der Waals surface area contributed by atoms with Crippen LogP contribution in [0.15, 0.2) is 30.3 Å². The number of carbonyl (C=O) groups excluding carboxylic acids is 2. The van der Waals surface area contributed by atoms with Gasteiger partial charge in [0.25, 0.3) is 0 Å². The minimum Gasteiger partial charge on any atom is -0.460 e. The minimum absolute atomic E-state index is 0.173. The fraction of sp³-hybridized carbons (Fsp3) is 0.579. The Bertz CT molecular complexity index is 541. The van der Waals surface area contributed by atoms with Crippen molar-refractivity contribution in [2.75, 3.05) is 6.54 Å². The van der Waals surface area contributed by atoms with Crippen molar-refractivity contribution in [2.24, 2.45) is 11.3 Å². The van der Waals surface area contributed by atoms with Crippen molar-refractivity contribution in [3.05, 3.63) is 35.9 Å². The highest BCUT2D eigenvalue weighted by Crippen LogP contribution is 2.28. The van der Waals surface area contributed by atoms with Gasteiger partial charge in [-0.2, -0.15) is 0 Å². The largest absolute Gasteiger partial charge is 0.460 e. The smallest absolute Gasteiger partial charge is 0.407 e. The Morgan fingerprint density at radius 2 is 1.62 bits per heavy atom. The molecule has 0 aliphatic carbocycles. The van der Waals surface area contributed by atoms with Gasteiger partial charge in [0.15, 0.2) is 0 Å². The number of hydrogen-bond acceptors (Lipinski definition) is 4. The third-order valence-electron chi connectivity index (χ3n) is 3.40. The molecule has 1 aromatic carbocycles. The molecule has 1 N–H and O–H groups in total. The molecule has 0 aliphatic heterocycles. The van der Waals surface area contributed by atoms with Crippen molar-refractivity contribution in [1.29, 1.82) is 0 Å². The van der Waals surface area contributed by atoms with Gasteiger partial charge in [0.2, 0.25) is 0 Å². The summed E-state index contributed by atoms with van der Waals surface area (Å²) >= 11 is 0. The number of rotatable bonds is 5. The summed E-state index contributed by atoms with van der Waals surface area (Å²) in [5, 5.41) is 2.66. The van der Waals surface area contributed by atoms with E-state index in [1.54, 1.807) is 0 Å². The van der Waals surface area contributed by atoms with Gasteiger partial charge in [-0.15, -0.1) is 0 Å². The molecule has 0 unspecified atom stereocenters. The van der Waals surface area contributed by atoms with Crippen LogP contribution >= 0.6 is 0 Å². The van der Waals surface area contributed by atoms with E-state index in [2.05, 4.69) is 5.32 Å². The first kappa shape index (κ1) is 20.0. The molecule has 0 saturated heterocycles. The molecule has 5 heteroatoms. The van der Waals surface area contributed by atoms with E-state index in [0.29, 0.717) is 0 Å². The zero-order valence-electron chi connectivity index (χ0n) is 15.5. The molecule has 1 rings (SSSR count). The zero-order chi connectivity index (χ0) is 18.4. The number of hydrogen-bond donors (Lipinski definition) is 1. The molecule has 0 spiro atoms. The van der Waals surface area contributed by atoms with E-state index >= 15 is 0 Å². The number of amides is 1. The van der Waals surface area contributed by atoms with Crippen molar-refractivity contribution in [3.63, 3.8) is 0 Å². The molecule has 1 aromatic rings. The third-order valence-corrected chi connectivity index (χ3v) is 3.40. The topological polar surface area (TPSA) is 64.6 Å². The maximum absolute atomic E-state index is 12.4. The van der Waals surface area contributed by atoms with Crippen LogP contribution in [0.5, 0.6) is 0 Å². The Morgan fingerprint density at radius 3 is 2.12 bits per heavy atom. The Labute approximate surface area is 144 Å². The second kappa shape index (κ2) is 8.18. The maximum atomic E-state index is 12.4. The average molecular weight is 335 g/mol. The highest BCUT2D eigenvalue weighted by atomic mass is 16.6. The molecule has 1 atom stereocenters. The Balaban J connectivity index is 2.55. The van der Waals surface area contributed by atoms with Gasteiger partial charge in [-0.05, 0) is 31.7 Å². The first-order chi connectivity index (χ1) is 11.0. The molecule has 1 amide bonds.